The topological polar surface area (TPSA) is 59.0 Å². The maximum Gasteiger partial charge on any atom is 0.124 e. The molecule has 3 nitrogen and oxygen atoms in total. The van der Waals surface area contributed by atoms with Crippen LogP contribution in [0.3, 0.4) is 0 Å². The van der Waals surface area contributed by atoms with Gasteiger partial charge in [-0.05, 0) is 36.6 Å². The maximum absolute atomic E-state index is 13.2. The highest BCUT2D eigenvalue weighted by molar-refractivity contribution is 5.33. The fraction of sp³-hybridized carbons (Fsp3) is 0.533. The smallest absolute Gasteiger partial charge is 0.124 e. The molecular weight excluding hydrogens is 243 g/mol. The molecule has 0 saturated heterocycles. The third-order valence-corrected chi connectivity index (χ3v) is 3.59. The number of benzene rings is 1. The zero-order chi connectivity index (χ0) is 13.7. The second-order valence-corrected chi connectivity index (χ2v) is 5.38. The number of hydrogen-bond acceptors (Lipinski definition) is 3. The van der Waals surface area contributed by atoms with Crippen molar-refractivity contribution in [1.82, 2.24) is 0 Å². The lowest BCUT2D eigenvalue weighted by Crippen LogP contribution is -2.46. The Kier molecular flexibility index (Phi) is 4.52. The molecule has 0 unspecified atom stereocenters. The number of ether oxygens (including phenoxy) is 1. The van der Waals surface area contributed by atoms with Gasteiger partial charge in [-0.25, -0.2) is 4.39 Å². The molecule has 19 heavy (non-hydrogen) atoms. The number of nitrogens with zero attached hydrogens (tertiary/aromatic N) is 1. The van der Waals surface area contributed by atoms with Crippen molar-refractivity contribution < 1.29 is 9.13 Å². The van der Waals surface area contributed by atoms with Crippen LogP contribution >= 0.6 is 0 Å². The molecule has 0 radical (unpaired) electrons. The van der Waals surface area contributed by atoms with Crippen LogP contribution in [-0.2, 0) is 11.3 Å². The van der Waals surface area contributed by atoms with Crippen molar-refractivity contribution in [2.24, 2.45) is 5.73 Å². The second kappa shape index (κ2) is 6.14. The highest BCUT2D eigenvalue weighted by Gasteiger charge is 2.27. The van der Waals surface area contributed by atoms with Crippen LogP contribution < -0.4 is 5.73 Å². The van der Waals surface area contributed by atoms with Crippen LogP contribution in [-0.4, -0.2) is 12.1 Å². The zero-order valence-electron chi connectivity index (χ0n) is 11.0. The first-order valence-corrected chi connectivity index (χ1v) is 6.67. The van der Waals surface area contributed by atoms with Crippen molar-refractivity contribution in [3.05, 3.63) is 35.1 Å². The Morgan fingerprint density at radius 3 is 2.68 bits per heavy atom. The van der Waals surface area contributed by atoms with E-state index in [1.807, 2.05) is 6.07 Å². The number of nitriles is 1. The summed E-state index contributed by atoms with van der Waals surface area (Å²) >= 11 is 0. The van der Waals surface area contributed by atoms with Crippen molar-refractivity contribution in [2.75, 3.05) is 6.61 Å². The lowest BCUT2D eigenvalue weighted by atomic mass is 9.83. The molecule has 0 amide bonds. The average molecular weight is 262 g/mol. The highest BCUT2D eigenvalue weighted by Crippen LogP contribution is 2.26. The van der Waals surface area contributed by atoms with Gasteiger partial charge in [0.05, 0.1) is 24.8 Å². The summed E-state index contributed by atoms with van der Waals surface area (Å²) < 4.78 is 18.9. The molecule has 0 aliphatic heterocycles. The Labute approximate surface area is 113 Å². The fourth-order valence-electron chi connectivity index (χ4n) is 2.57. The predicted molar refractivity (Wildman–Crippen MR) is 70.8 cm³/mol. The molecule has 102 valence electrons. The molecule has 2 rings (SSSR count). The van der Waals surface area contributed by atoms with E-state index in [0.717, 1.165) is 25.7 Å². The van der Waals surface area contributed by atoms with Gasteiger partial charge in [0.1, 0.15) is 5.82 Å². The van der Waals surface area contributed by atoms with Gasteiger partial charge in [0.2, 0.25) is 0 Å². The number of nitrogens with two attached hydrogens (primary N) is 1. The second-order valence-electron chi connectivity index (χ2n) is 5.38. The van der Waals surface area contributed by atoms with E-state index in [1.165, 1.54) is 18.6 Å². The van der Waals surface area contributed by atoms with Gasteiger partial charge in [0.15, 0.2) is 0 Å². The normalized spacial score (nSPS) is 17.9. The van der Waals surface area contributed by atoms with E-state index in [1.54, 1.807) is 6.07 Å². The largest absolute Gasteiger partial charge is 0.375 e. The fourth-order valence-corrected chi connectivity index (χ4v) is 2.57. The van der Waals surface area contributed by atoms with Crippen LogP contribution in [0.1, 0.15) is 43.2 Å². The molecule has 1 aromatic carbocycles. The summed E-state index contributed by atoms with van der Waals surface area (Å²) in [5, 5.41) is 8.78. The molecule has 1 aliphatic rings. The molecular formula is C15H19FN2O. The van der Waals surface area contributed by atoms with Crippen LogP contribution in [0.2, 0.25) is 0 Å². The first-order chi connectivity index (χ1) is 9.11. The minimum Gasteiger partial charge on any atom is -0.375 e. The van der Waals surface area contributed by atoms with Gasteiger partial charge in [-0.15, -0.1) is 0 Å². The third kappa shape index (κ3) is 4.02. The van der Waals surface area contributed by atoms with Crippen molar-refractivity contribution in [1.29, 1.82) is 5.26 Å². The summed E-state index contributed by atoms with van der Waals surface area (Å²) in [6.45, 7) is 0.788. The summed E-state index contributed by atoms with van der Waals surface area (Å²) in [7, 11) is 0. The van der Waals surface area contributed by atoms with E-state index in [2.05, 4.69) is 0 Å². The summed E-state index contributed by atoms with van der Waals surface area (Å²) in [5.74, 6) is -0.405. The van der Waals surface area contributed by atoms with E-state index in [9.17, 15) is 4.39 Å². The lowest BCUT2D eigenvalue weighted by molar-refractivity contribution is 0.0573. The highest BCUT2D eigenvalue weighted by atomic mass is 19.1. The van der Waals surface area contributed by atoms with E-state index in [0.29, 0.717) is 24.3 Å². The minimum absolute atomic E-state index is 0.233. The van der Waals surface area contributed by atoms with Crippen LogP contribution in [0.25, 0.3) is 0 Å². The molecule has 0 heterocycles. The number of rotatable bonds is 4. The zero-order valence-corrected chi connectivity index (χ0v) is 11.0. The molecule has 2 N–H and O–H groups in total. The van der Waals surface area contributed by atoms with Crippen molar-refractivity contribution in [2.45, 2.75) is 44.2 Å². The van der Waals surface area contributed by atoms with Crippen molar-refractivity contribution >= 4 is 0 Å². The molecule has 4 heteroatoms. The van der Waals surface area contributed by atoms with Gasteiger partial charge in [-0.2, -0.15) is 5.26 Å². The Morgan fingerprint density at radius 1 is 1.26 bits per heavy atom. The molecule has 0 atom stereocenters. The standard InChI is InChI=1S/C15H19FN2O/c16-14-7-12(9-17)6-13(8-14)10-19-11-15(18)4-2-1-3-5-15/h6-8H,1-5,10-11,18H2. The third-order valence-electron chi connectivity index (χ3n) is 3.59. The predicted octanol–water partition coefficient (Wildman–Crippen LogP) is 2.88. The summed E-state index contributed by atoms with van der Waals surface area (Å²) in [4.78, 5) is 0. The quantitative estimate of drug-likeness (QED) is 0.907. The Bertz CT molecular complexity index is 476. The Morgan fingerprint density at radius 2 is 2.00 bits per heavy atom. The average Bonchev–Trinajstić information content (AvgIpc) is 2.38. The van der Waals surface area contributed by atoms with E-state index >= 15 is 0 Å². The molecule has 1 aromatic rings. The number of halogens is 1. The molecule has 1 fully saturated rings. The SMILES string of the molecule is N#Cc1cc(F)cc(COCC2(N)CCCCC2)c1. The van der Waals surface area contributed by atoms with E-state index in [4.69, 9.17) is 15.7 Å². The summed E-state index contributed by atoms with van der Waals surface area (Å²) in [6.07, 6.45) is 5.52. The molecule has 0 bridgehead atoms. The van der Waals surface area contributed by atoms with Crippen LogP contribution in [0.15, 0.2) is 18.2 Å². The van der Waals surface area contributed by atoms with Crippen LogP contribution in [0.5, 0.6) is 0 Å². The monoisotopic (exact) mass is 262 g/mol. The van der Waals surface area contributed by atoms with E-state index in [-0.39, 0.29) is 5.54 Å². The van der Waals surface area contributed by atoms with Crippen molar-refractivity contribution in [3.63, 3.8) is 0 Å². The maximum atomic E-state index is 13.2. The van der Waals surface area contributed by atoms with Gasteiger partial charge in [-0.3, -0.25) is 0 Å². The molecule has 1 aliphatic carbocycles. The van der Waals surface area contributed by atoms with E-state index < -0.39 is 5.82 Å². The molecule has 0 aromatic heterocycles. The lowest BCUT2D eigenvalue weighted by Gasteiger charge is -2.33. The minimum atomic E-state index is -0.405. The Balaban J connectivity index is 1.88. The van der Waals surface area contributed by atoms with Gasteiger partial charge < -0.3 is 10.5 Å². The Hall–Kier alpha value is -1.44. The van der Waals surface area contributed by atoms with Gasteiger partial charge >= 0.3 is 0 Å². The molecule has 1 saturated carbocycles. The van der Waals surface area contributed by atoms with Crippen molar-refractivity contribution in [3.8, 4) is 6.07 Å². The first kappa shape index (κ1) is 14.0. The van der Waals surface area contributed by atoms with Gasteiger partial charge in [0.25, 0.3) is 0 Å². The summed E-state index contributed by atoms with van der Waals surface area (Å²) in [6, 6.07) is 6.19. The van der Waals surface area contributed by atoms with Crippen LogP contribution in [0.4, 0.5) is 4.39 Å². The molecule has 0 spiro atoms. The number of hydrogen-bond donors (Lipinski definition) is 1. The van der Waals surface area contributed by atoms with Gasteiger partial charge in [-0.1, -0.05) is 19.3 Å². The summed E-state index contributed by atoms with van der Waals surface area (Å²) in [5.41, 5.74) is 7.02. The first-order valence-electron chi connectivity index (χ1n) is 6.67. The van der Waals surface area contributed by atoms with Crippen LogP contribution in [0, 0.1) is 17.1 Å². The van der Waals surface area contributed by atoms with Gasteiger partial charge in [0, 0.05) is 5.54 Å².